The summed E-state index contributed by atoms with van der Waals surface area (Å²) in [5.74, 6) is 1.21. The fourth-order valence-corrected chi connectivity index (χ4v) is 3.14. The number of nitrogens with zero attached hydrogens (tertiary/aromatic N) is 6. The number of halogens is 1. The molecule has 2 aromatic heterocycles. The van der Waals surface area contributed by atoms with Gasteiger partial charge in [0.05, 0.1) is 10.6 Å². The van der Waals surface area contributed by atoms with Gasteiger partial charge in [0.2, 0.25) is 0 Å². The van der Waals surface area contributed by atoms with E-state index in [1.165, 1.54) is 24.5 Å². The number of hydrogen-bond donors (Lipinski definition) is 0. The van der Waals surface area contributed by atoms with Crippen LogP contribution in [0.15, 0.2) is 60.9 Å². The van der Waals surface area contributed by atoms with E-state index in [9.17, 15) is 10.1 Å². The van der Waals surface area contributed by atoms with E-state index < -0.39 is 4.92 Å². The molecule has 0 saturated heterocycles. The van der Waals surface area contributed by atoms with Crippen molar-refractivity contribution in [1.29, 1.82) is 0 Å². The van der Waals surface area contributed by atoms with Crippen molar-refractivity contribution in [3.05, 3.63) is 81.6 Å². The van der Waals surface area contributed by atoms with Crippen molar-refractivity contribution in [3.63, 3.8) is 0 Å². The summed E-state index contributed by atoms with van der Waals surface area (Å²) in [6.45, 7) is 0.355. The van der Waals surface area contributed by atoms with Crippen LogP contribution in [0.5, 0.6) is 0 Å². The van der Waals surface area contributed by atoms with Crippen molar-refractivity contribution in [2.24, 2.45) is 0 Å². The zero-order chi connectivity index (χ0) is 19.7. The number of rotatable bonds is 5. The van der Waals surface area contributed by atoms with Crippen LogP contribution in [0.1, 0.15) is 5.56 Å². The maximum absolute atomic E-state index is 11.1. The Morgan fingerprint density at radius 1 is 1.18 bits per heavy atom. The number of anilines is 1. The molecule has 0 aliphatic rings. The van der Waals surface area contributed by atoms with Crippen molar-refractivity contribution in [2.75, 3.05) is 11.9 Å². The van der Waals surface area contributed by atoms with E-state index in [1.807, 2.05) is 48.3 Å². The average Bonchev–Trinajstić information content (AvgIpc) is 3.18. The molecule has 9 heteroatoms. The molecule has 4 rings (SSSR count). The normalized spacial score (nSPS) is 10.9. The SMILES string of the molecule is CN(Cc1cc([N+](=O)[O-])ccc1Cl)c1cc(-c2ccccc2)nc2ncnn12. The number of hydrogen-bond acceptors (Lipinski definition) is 6. The second-order valence-electron chi connectivity index (χ2n) is 6.23. The molecular weight excluding hydrogens is 380 g/mol. The third-order valence-corrected chi connectivity index (χ3v) is 4.71. The highest BCUT2D eigenvalue weighted by Crippen LogP contribution is 2.27. The first kappa shape index (κ1) is 17.9. The first-order valence-electron chi connectivity index (χ1n) is 8.43. The van der Waals surface area contributed by atoms with Crippen LogP contribution in [0.25, 0.3) is 17.0 Å². The molecule has 0 aliphatic heterocycles. The van der Waals surface area contributed by atoms with Crippen molar-refractivity contribution >= 4 is 28.9 Å². The van der Waals surface area contributed by atoms with Gasteiger partial charge < -0.3 is 4.90 Å². The third kappa shape index (κ3) is 3.37. The summed E-state index contributed by atoms with van der Waals surface area (Å²) in [5, 5.41) is 15.8. The number of fused-ring (bicyclic) bond motifs is 1. The predicted molar refractivity (Wildman–Crippen MR) is 106 cm³/mol. The Morgan fingerprint density at radius 2 is 1.96 bits per heavy atom. The Morgan fingerprint density at radius 3 is 2.71 bits per heavy atom. The molecule has 0 saturated carbocycles. The van der Waals surface area contributed by atoms with Crippen LogP contribution < -0.4 is 4.90 Å². The van der Waals surface area contributed by atoms with E-state index in [2.05, 4.69) is 15.1 Å². The number of nitro groups is 1. The molecular formula is C19H15ClN6O2. The molecule has 0 N–H and O–H groups in total. The molecule has 0 amide bonds. The first-order chi connectivity index (χ1) is 13.5. The van der Waals surface area contributed by atoms with Gasteiger partial charge in [-0.05, 0) is 11.6 Å². The summed E-state index contributed by atoms with van der Waals surface area (Å²) in [5.41, 5.74) is 2.35. The minimum atomic E-state index is -0.435. The van der Waals surface area contributed by atoms with Gasteiger partial charge in [0.1, 0.15) is 12.1 Å². The second kappa shape index (κ2) is 7.24. The summed E-state index contributed by atoms with van der Waals surface area (Å²) in [6, 6.07) is 16.1. The molecule has 4 aromatic rings. The predicted octanol–water partition coefficient (Wildman–Crippen LogP) is 3.99. The average molecular weight is 395 g/mol. The first-order valence-corrected chi connectivity index (χ1v) is 8.81. The summed E-state index contributed by atoms with van der Waals surface area (Å²) in [6.07, 6.45) is 1.44. The Kier molecular flexibility index (Phi) is 4.62. The van der Waals surface area contributed by atoms with Crippen LogP contribution in [0, 0.1) is 10.1 Å². The molecule has 0 unspecified atom stereocenters. The summed E-state index contributed by atoms with van der Waals surface area (Å²) < 4.78 is 1.62. The maximum atomic E-state index is 11.1. The third-order valence-electron chi connectivity index (χ3n) is 4.34. The van der Waals surface area contributed by atoms with Crippen molar-refractivity contribution in [2.45, 2.75) is 6.54 Å². The lowest BCUT2D eigenvalue weighted by atomic mass is 10.1. The highest BCUT2D eigenvalue weighted by molar-refractivity contribution is 6.31. The topological polar surface area (TPSA) is 89.5 Å². The van der Waals surface area contributed by atoms with Crippen LogP contribution in [-0.2, 0) is 6.54 Å². The smallest absolute Gasteiger partial charge is 0.269 e. The molecule has 28 heavy (non-hydrogen) atoms. The van der Waals surface area contributed by atoms with Gasteiger partial charge in [-0.15, -0.1) is 0 Å². The van der Waals surface area contributed by atoms with E-state index in [1.54, 1.807) is 4.52 Å². The van der Waals surface area contributed by atoms with Crippen molar-refractivity contribution in [3.8, 4) is 11.3 Å². The molecule has 0 radical (unpaired) electrons. The Bertz CT molecular complexity index is 1160. The quantitative estimate of drug-likeness (QED) is 0.375. The van der Waals surface area contributed by atoms with Gasteiger partial charge in [0.15, 0.2) is 0 Å². The van der Waals surface area contributed by atoms with Gasteiger partial charge in [-0.25, -0.2) is 4.98 Å². The van der Waals surface area contributed by atoms with Gasteiger partial charge in [-0.2, -0.15) is 14.6 Å². The van der Waals surface area contributed by atoms with Crippen LogP contribution in [0.4, 0.5) is 11.5 Å². The van der Waals surface area contributed by atoms with Crippen LogP contribution in [0.3, 0.4) is 0 Å². The summed E-state index contributed by atoms with van der Waals surface area (Å²) >= 11 is 6.26. The molecule has 0 aliphatic carbocycles. The Balaban J connectivity index is 1.75. The fraction of sp³-hybridized carbons (Fsp3) is 0.105. The molecule has 2 heterocycles. The van der Waals surface area contributed by atoms with E-state index in [4.69, 9.17) is 11.6 Å². The van der Waals surface area contributed by atoms with E-state index in [-0.39, 0.29) is 5.69 Å². The van der Waals surface area contributed by atoms with Gasteiger partial charge in [0.25, 0.3) is 11.5 Å². The molecule has 0 spiro atoms. The fourth-order valence-electron chi connectivity index (χ4n) is 2.96. The van der Waals surface area contributed by atoms with E-state index in [0.29, 0.717) is 22.9 Å². The van der Waals surface area contributed by atoms with Gasteiger partial charge in [0, 0.05) is 42.4 Å². The standard InChI is InChI=1S/C19H15ClN6O2/c1-24(11-14-9-15(26(27)28)7-8-16(14)20)18-10-17(13-5-3-2-4-6-13)23-19-21-12-22-25(18)19/h2-10,12H,11H2,1H3. The summed E-state index contributed by atoms with van der Waals surface area (Å²) in [7, 11) is 1.86. The van der Waals surface area contributed by atoms with Crippen LogP contribution in [-0.4, -0.2) is 31.6 Å². The van der Waals surface area contributed by atoms with E-state index in [0.717, 1.165) is 17.1 Å². The van der Waals surface area contributed by atoms with E-state index >= 15 is 0 Å². The molecule has 0 bridgehead atoms. The van der Waals surface area contributed by atoms with Crippen molar-refractivity contribution in [1.82, 2.24) is 19.6 Å². The number of benzene rings is 2. The largest absolute Gasteiger partial charge is 0.355 e. The zero-order valence-electron chi connectivity index (χ0n) is 14.9. The van der Waals surface area contributed by atoms with Crippen LogP contribution in [0.2, 0.25) is 5.02 Å². The molecule has 0 fully saturated rings. The molecule has 8 nitrogen and oxygen atoms in total. The molecule has 0 atom stereocenters. The molecule has 2 aromatic carbocycles. The highest BCUT2D eigenvalue weighted by Gasteiger charge is 2.16. The van der Waals surface area contributed by atoms with Crippen LogP contribution >= 0.6 is 11.6 Å². The van der Waals surface area contributed by atoms with Gasteiger partial charge in [-0.3, -0.25) is 10.1 Å². The Labute approximate surface area is 165 Å². The van der Waals surface area contributed by atoms with Gasteiger partial charge in [-0.1, -0.05) is 41.9 Å². The number of nitro benzene ring substituents is 1. The second-order valence-corrected chi connectivity index (χ2v) is 6.63. The van der Waals surface area contributed by atoms with Crippen molar-refractivity contribution < 1.29 is 4.92 Å². The lowest BCUT2D eigenvalue weighted by molar-refractivity contribution is -0.384. The maximum Gasteiger partial charge on any atom is 0.269 e. The number of aromatic nitrogens is 4. The summed E-state index contributed by atoms with van der Waals surface area (Å²) in [4.78, 5) is 21.3. The lowest BCUT2D eigenvalue weighted by Crippen LogP contribution is -2.20. The highest BCUT2D eigenvalue weighted by atomic mass is 35.5. The Hall–Kier alpha value is -3.52. The minimum absolute atomic E-state index is 0.00148. The lowest BCUT2D eigenvalue weighted by Gasteiger charge is -2.21. The molecule has 140 valence electrons. The van der Waals surface area contributed by atoms with Gasteiger partial charge >= 0.3 is 0 Å². The monoisotopic (exact) mass is 394 g/mol. The minimum Gasteiger partial charge on any atom is -0.355 e. The number of non-ortho nitro benzene ring substituents is 1. The zero-order valence-corrected chi connectivity index (χ0v) is 15.6.